The SMILES string of the molecule is CC(C)(C)OC(=O)N(C1CCC1)C1CC(C2CNC(=O)O2)C1. The fourth-order valence-electron chi connectivity index (χ4n) is 3.40. The van der Waals surface area contributed by atoms with E-state index in [0.29, 0.717) is 18.5 Å². The lowest BCUT2D eigenvalue weighted by molar-refractivity contribution is -0.0449. The molecule has 0 spiro atoms. The number of cyclic esters (lactones) is 1. The number of hydrogen-bond acceptors (Lipinski definition) is 4. The van der Waals surface area contributed by atoms with Gasteiger partial charge in [-0.25, -0.2) is 9.59 Å². The van der Waals surface area contributed by atoms with Gasteiger partial charge in [0.05, 0.1) is 6.54 Å². The topological polar surface area (TPSA) is 67.9 Å². The predicted molar refractivity (Wildman–Crippen MR) is 80.5 cm³/mol. The molecule has 124 valence electrons. The van der Waals surface area contributed by atoms with Gasteiger partial charge in [-0.1, -0.05) is 0 Å². The van der Waals surface area contributed by atoms with E-state index in [2.05, 4.69) is 5.32 Å². The summed E-state index contributed by atoms with van der Waals surface area (Å²) in [7, 11) is 0. The van der Waals surface area contributed by atoms with Crippen molar-refractivity contribution in [3.05, 3.63) is 0 Å². The Balaban J connectivity index is 1.57. The van der Waals surface area contributed by atoms with Gasteiger partial charge in [-0.3, -0.25) is 0 Å². The molecular weight excluding hydrogens is 284 g/mol. The summed E-state index contributed by atoms with van der Waals surface area (Å²) in [5.74, 6) is 0.356. The standard InChI is InChI=1S/C16H26N2O4/c1-16(2,3)22-15(20)18(11-5-4-6-11)12-7-10(8-12)13-9-17-14(19)21-13/h10-13H,4-9H2,1-3H3,(H,17,19). The number of nitrogens with zero attached hydrogens (tertiary/aromatic N) is 1. The number of ether oxygens (including phenoxy) is 2. The minimum absolute atomic E-state index is 0.0365. The summed E-state index contributed by atoms with van der Waals surface area (Å²) < 4.78 is 10.8. The Hall–Kier alpha value is -1.46. The number of nitrogens with one attached hydrogen (secondary N) is 1. The smallest absolute Gasteiger partial charge is 0.410 e. The van der Waals surface area contributed by atoms with E-state index in [4.69, 9.17) is 9.47 Å². The molecule has 1 saturated heterocycles. The van der Waals surface area contributed by atoms with Crippen LogP contribution in [0, 0.1) is 5.92 Å². The summed E-state index contributed by atoms with van der Waals surface area (Å²) in [6.45, 7) is 6.29. The predicted octanol–water partition coefficient (Wildman–Crippen LogP) is 2.66. The minimum atomic E-state index is -0.465. The largest absolute Gasteiger partial charge is 0.444 e. The number of amides is 2. The second-order valence-corrected chi connectivity index (χ2v) is 7.68. The number of hydrogen-bond donors (Lipinski definition) is 1. The van der Waals surface area contributed by atoms with Crippen molar-refractivity contribution >= 4 is 12.2 Å². The van der Waals surface area contributed by atoms with E-state index >= 15 is 0 Å². The third-order valence-electron chi connectivity index (χ3n) is 4.85. The summed E-state index contributed by atoms with van der Waals surface area (Å²) in [6.07, 6.45) is 4.57. The fourth-order valence-corrected chi connectivity index (χ4v) is 3.40. The third kappa shape index (κ3) is 3.15. The fraction of sp³-hybridized carbons (Fsp3) is 0.875. The molecule has 2 saturated carbocycles. The van der Waals surface area contributed by atoms with Gasteiger partial charge in [-0.05, 0) is 52.9 Å². The molecule has 2 aliphatic carbocycles. The minimum Gasteiger partial charge on any atom is -0.444 e. The Morgan fingerprint density at radius 2 is 1.95 bits per heavy atom. The molecular formula is C16H26N2O4. The molecule has 0 bridgehead atoms. The van der Waals surface area contributed by atoms with Crippen LogP contribution in [-0.4, -0.2) is 47.4 Å². The molecule has 6 heteroatoms. The van der Waals surface area contributed by atoms with Crippen molar-refractivity contribution in [2.75, 3.05) is 6.54 Å². The van der Waals surface area contributed by atoms with Crippen LogP contribution >= 0.6 is 0 Å². The molecule has 1 aliphatic heterocycles. The Bertz CT molecular complexity index is 450. The first-order valence-electron chi connectivity index (χ1n) is 8.29. The Morgan fingerprint density at radius 3 is 2.41 bits per heavy atom. The van der Waals surface area contributed by atoms with Crippen LogP contribution < -0.4 is 5.32 Å². The Labute approximate surface area is 131 Å². The van der Waals surface area contributed by atoms with Crippen molar-refractivity contribution in [1.29, 1.82) is 0 Å². The van der Waals surface area contributed by atoms with E-state index in [1.165, 1.54) is 6.42 Å². The van der Waals surface area contributed by atoms with Crippen molar-refractivity contribution in [3.63, 3.8) is 0 Å². The zero-order valence-corrected chi connectivity index (χ0v) is 13.6. The van der Waals surface area contributed by atoms with E-state index in [9.17, 15) is 9.59 Å². The van der Waals surface area contributed by atoms with Gasteiger partial charge in [0.15, 0.2) is 0 Å². The maximum absolute atomic E-state index is 12.5. The normalized spacial score (nSPS) is 31.6. The van der Waals surface area contributed by atoms with Crippen molar-refractivity contribution in [2.45, 2.75) is 76.7 Å². The van der Waals surface area contributed by atoms with Gasteiger partial charge in [-0.15, -0.1) is 0 Å². The van der Waals surface area contributed by atoms with Gasteiger partial charge in [0.1, 0.15) is 11.7 Å². The first-order valence-corrected chi connectivity index (χ1v) is 8.29. The maximum atomic E-state index is 12.5. The van der Waals surface area contributed by atoms with Crippen LogP contribution in [-0.2, 0) is 9.47 Å². The molecule has 0 aromatic rings. The van der Waals surface area contributed by atoms with Crippen LogP contribution in [0.25, 0.3) is 0 Å². The van der Waals surface area contributed by atoms with E-state index in [0.717, 1.165) is 25.7 Å². The van der Waals surface area contributed by atoms with Crippen molar-refractivity contribution in [3.8, 4) is 0 Å². The first-order chi connectivity index (χ1) is 10.3. The highest BCUT2D eigenvalue weighted by Gasteiger charge is 2.46. The number of carbonyl (C=O) groups excluding carboxylic acids is 2. The highest BCUT2D eigenvalue weighted by Crippen LogP contribution is 2.40. The summed E-state index contributed by atoms with van der Waals surface area (Å²) in [5, 5.41) is 2.70. The second-order valence-electron chi connectivity index (χ2n) is 7.68. The third-order valence-corrected chi connectivity index (χ3v) is 4.85. The van der Waals surface area contributed by atoms with Gasteiger partial charge in [0.25, 0.3) is 0 Å². The molecule has 1 heterocycles. The van der Waals surface area contributed by atoms with Crippen LogP contribution in [0.2, 0.25) is 0 Å². The molecule has 22 heavy (non-hydrogen) atoms. The molecule has 1 unspecified atom stereocenters. The molecule has 6 nitrogen and oxygen atoms in total. The highest BCUT2D eigenvalue weighted by atomic mass is 16.6. The average molecular weight is 310 g/mol. The average Bonchev–Trinajstić information content (AvgIpc) is 2.67. The molecule has 2 amide bonds. The van der Waals surface area contributed by atoms with Crippen LogP contribution in [0.4, 0.5) is 9.59 Å². The maximum Gasteiger partial charge on any atom is 0.410 e. The molecule has 1 N–H and O–H groups in total. The molecule has 3 rings (SSSR count). The van der Waals surface area contributed by atoms with Gasteiger partial charge >= 0.3 is 12.2 Å². The molecule has 0 aromatic carbocycles. The first kappa shape index (κ1) is 15.4. The number of carbonyl (C=O) groups is 2. The van der Waals surface area contributed by atoms with Crippen LogP contribution in [0.15, 0.2) is 0 Å². The second kappa shape index (κ2) is 5.63. The number of rotatable bonds is 3. The zero-order chi connectivity index (χ0) is 15.9. The van der Waals surface area contributed by atoms with Gasteiger partial charge < -0.3 is 19.7 Å². The van der Waals surface area contributed by atoms with E-state index in [1.807, 2.05) is 25.7 Å². The van der Waals surface area contributed by atoms with E-state index in [1.54, 1.807) is 0 Å². The van der Waals surface area contributed by atoms with Gasteiger partial charge in [0, 0.05) is 18.0 Å². The Morgan fingerprint density at radius 1 is 1.27 bits per heavy atom. The lowest BCUT2D eigenvalue weighted by Crippen LogP contribution is -2.57. The summed E-state index contributed by atoms with van der Waals surface area (Å²) in [5.41, 5.74) is -0.465. The summed E-state index contributed by atoms with van der Waals surface area (Å²) in [6, 6.07) is 0.550. The molecule has 3 fully saturated rings. The van der Waals surface area contributed by atoms with Gasteiger partial charge in [-0.2, -0.15) is 0 Å². The van der Waals surface area contributed by atoms with Crippen LogP contribution in [0.3, 0.4) is 0 Å². The monoisotopic (exact) mass is 310 g/mol. The number of alkyl carbamates (subject to hydrolysis) is 1. The Kier molecular flexibility index (Phi) is 3.95. The van der Waals surface area contributed by atoms with Crippen LogP contribution in [0.1, 0.15) is 52.9 Å². The van der Waals surface area contributed by atoms with Gasteiger partial charge in [0.2, 0.25) is 0 Å². The van der Waals surface area contributed by atoms with Crippen molar-refractivity contribution in [2.24, 2.45) is 5.92 Å². The lowest BCUT2D eigenvalue weighted by atomic mass is 9.74. The summed E-state index contributed by atoms with van der Waals surface area (Å²) >= 11 is 0. The van der Waals surface area contributed by atoms with E-state index < -0.39 is 5.60 Å². The summed E-state index contributed by atoms with van der Waals surface area (Å²) in [4.78, 5) is 25.6. The van der Waals surface area contributed by atoms with Crippen molar-refractivity contribution in [1.82, 2.24) is 10.2 Å². The molecule has 0 radical (unpaired) electrons. The molecule has 3 aliphatic rings. The highest BCUT2D eigenvalue weighted by molar-refractivity contribution is 5.70. The van der Waals surface area contributed by atoms with E-state index in [-0.39, 0.29) is 24.3 Å². The molecule has 1 atom stereocenters. The molecule has 0 aromatic heterocycles. The van der Waals surface area contributed by atoms with Crippen LogP contribution in [0.5, 0.6) is 0 Å². The van der Waals surface area contributed by atoms with Crippen molar-refractivity contribution < 1.29 is 19.1 Å². The zero-order valence-electron chi connectivity index (χ0n) is 13.6. The lowest BCUT2D eigenvalue weighted by Gasteiger charge is -2.49. The quantitative estimate of drug-likeness (QED) is 0.870.